The van der Waals surface area contributed by atoms with Gasteiger partial charge in [0.15, 0.2) is 18.1 Å². The maximum Gasteiger partial charge on any atom is 0.269 e. The van der Waals surface area contributed by atoms with Crippen molar-refractivity contribution in [2.75, 3.05) is 18.7 Å². The van der Waals surface area contributed by atoms with Gasteiger partial charge in [-0.1, -0.05) is 0 Å². The molecule has 0 spiro atoms. The summed E-state index contributed by atoms with van der Waals surface area (Å²) in [7, 11) is 0. The summed E-state index contributed by atoms with van der Waals surface area (Å²) in [4.78, 5) is 22.2. The van der Waals surface area contributed by atoms with E-state index in [1.54, 1.807) is 25.1 Å². The summed E-state index contributed by atoms with van der Waals surface area (Å²) in [5.74, 6) is 1.31. The molecule has 1 amide bonds. The van der Waals surface area contributed by atoms with E-state index in [0.717, 1.165) is 0 Å². The van der Waals surface area contributed by atoms with Crippen LogP contribution in [0.5, 0.6) is 17.2 Å². The zero-order valence-electron chi connectivity index (χ0n) is 12.8. The standard InChI is InChI=1S/C16H14N2O6/c1-10-6-11(18(20)21)2-4-13(10)17-16(19)8-22-12-3-5-14-15(7-12)24-9-23-14/h2-7H,8-9H2,1H3,(H,17,19). The molecule has 8 heteroatoms. The van der Waals surface area contributed by atoms with E-state index in [4.69, 9.17) is 14.2 Å². The van der Waals surface area contributed by atoms with Gasteiger partial charge in [0.1, 0.15) is 5.75 Å². The van der Waals surface area contributed by atoms with Gasteiger partial charge in [-0.2, -0.15) is 0 Å². The molecule has 1 aliphatic rings. The van der Waals surface area contributed by atoms with E-state index in [2.05, 4.69) is 5.32 Å². The van der Waals surface area contributed by atoms with Gasteiger partial charge in [0.25, 0.3) is 11.6 Å². The minimum atomic E-state index is -0.485. The zero-order chi connectivity index (χ0) is 17.1. The van der Waals surface area contributed by atoms with Crippen LogP contribution in [0.3, 0.4) is 0 Å². The zero-order valence-corrected chi connectivity index (χ0v) is 12.8. The molecule has 0 atom stereocenters. The summed E-state index contributed by atoms with van der Waals surface area (Å²) in [6.07, 6.45) is 0. The number of nitro groups is 1. The first-order valence-electron chi connectivity index (χ1n) is 7.10. The normalized spacial score (nSPS) is 11.9. The number of nitrogens with one attached hydrogen (secondary N) is 1. The van der Waals surface area contributed by atoms with E-state index in [-0.39, 0.29) is 25.0 Å². The number of rotatable bonds is 5. The highest BCUT2D eigenvalue weighted by Gasteiger charge is 2.15. The van der Waals surface area contributed by atoms with E-state index < -0.39 is 4.92 Å². The molecule has 1 heterocycles. The van der Waals surface area contributed by atoms with E-state index in [1.807, 2.05) is 0 Å². The van der Waals surface area contributed by atoms with Crippen molar-refractivity contribution in [3.8, 4) is 17.2 Å². The molecular weight excluding hydrogens is 316 g/mol. The van der Waals surface area contributed by atoms with E-state index >= 15 is 0 Å². The largest absolute Gasteiger partial charge is 0.484 e. The first-order valence-corrected chi connectivity index (χ1v) is 7.10. The van der Waals surface area contributed by atoms with Gasteiger partial charge < -0.3 is 19.5 Å². The third-order valence-corrected chi connectivity index (χ3v) is 3.41. The molecule has 8 nitrogen and oxygen atoms in total. The maximum absolute atomic E-state index is 12.0. The molecular formula is C16H14N2O6. The molecule has 0 aliphatic carbocycles. The molecule has 0 bridgehead atoms. The van der Waals surface area contributed by atoms with E-state index in [1.165, 1.54) is 18.2 Å². The number of hydrogen-bond donors (Lipinski definition) is 1. The van der Waals surface area contributed by atoms with Crippen LogP contribution in [0.25, 0.3) is 0 Å². The van der Waals surface area contributed by atoms with Crippen LogP contribution in [-0.2, 0) is 4.79 Å². The summed E-state index contributed by atoms with van der Waals surface area (Å²) in [5.41, 5.74) is 1.07. The second-order valence-corrected chi connectivity index (χ2v) is 5.11. The molecule has 0 aromatic heterocycles. The monoisotopic (exact) mass is 330 g/mol. The molecule has 2 aromatic carbocycles. The van der Waals surface area contributed by atoms with Crippen LogP contribution in [0.4, 0.5) is 11.4 Å². The van der Waals surface area contributed by atoms with Gasteiger partial charge in [0, 0.05) is 23.9 Å². The molecule has 2 aromatic rings. The topological polar surface area (TPSA) is 99.9 Å². The number of carbonyl (C=O) groups is 1. The number of non-ortho nitro benzene ring substituents is 1. The number of nitro benzene ring substituents is 1. The number of anilines is 1. The second kappa shape index (κ2) is 6.45. The Balaban J connectivity index is 1.59. The van der Waals surface area contributed by atoms with Crippen molar-refractivity contribution in [3.63, 3.8) is 0 Å². The lowest BCUT2D eigenvalue weighted by Crippen LogP contribution is -2.20. The van der Waals surface area contributed by atoms with Gasteiger partial charge in [-0.05, 0) is 30.7 Å². The van der Waals surface area contributed by atoms with Crippen molar-refractivity contribution in [1.29, 1.82) is 0 Å². The van der Waals surface area contributed by atoms with Crippen LogP contribution in [0.2, 0.25) is 0 Å². The van der Waals surface area contributed by atoms with Crippen LogP contribution in [-0.4, -0.2) is 24.2 Å². The van der Waals surface area contributed by atoms with Gasteiger partial charge in [-0.25, -0.2) is 0 Å². The Bertz CT molecular complexity index is 805. The second-order valence-electron chi connectivity index (χ2n) is 5.11. The number of amides is 1. The predicted octanol–water partition coefficient (Wildman–Crippen LogP) is 2.65. The van der Waals surface area contributed by atoms with E-state index in [9.17, 15) is 14.9 Å². The number of benzene rings is 2. The maximum atomic E-state index is 12.0. The van der Waals surface area contributed by atoms with Gasteiger partial charge >= 0.3 is 0 Å². The number of ether oxygens (including phenoxy) is 3. The SMILES string of the molecule is Cc1cc([N+](=O)[O-])ccc1NC(=O)COc1ccc2c(c1)OCO2. The predicted molar refractivity (Wildman–Crippen MR) is 84.5 cm³/mol. The van der Waals surface area contributed by atoms with Crippen LogP contribution in [0.15, 0.2) is 36.4 Å². The lowest BCUT2D eigenvalue weighted by Gasteiger charge is -2.10. The van der Waals surface area contributed by atoms with Crippen LogP contribution in [0.1, 0.15) is 5.56 Å². The molecule has 124 valence electrons. The number of aryl methyl sites for hydroxylation is 1. The highest BCUT2D eigenvalue weighted by molar-refractivity contribution is 5.92. The number of nitrogens with zero attached hydrogens (tertiary/aromatic N) is 1. The van der Waals surface area contributed by atoms with Crippen LogP contribution in [0, 0.1) is 17.0 Å². The summed E-state index contributed by atoms with van der Waals surface area (Å²) < 4.78 is 15.8. The Kier molecular flexibility index (Phi) is 4.19. The van der Waals surface area contributed by atoms with Gasteiger partial charge in [0.2, 0.25) is 6.79 Å². The van der Waals surface area contributed by atoms with Gasteiger partial charge in [-0.15, -0.1) is 0 Å². The quantitative estimate of drug-likeness (QED) is 0.668. The first-order chi connectivity index (χ1) is 11.5. The molecule has 0 saturated carbocycles. The van der Waals surface area contributed by atoms with Crippen LogP contribution < -0.4 is 19.5 Å². The third kappa shape index (κ3) is 3.37. The fourth-order valence-electron chi connectivity index (χ4n) is 2.20. The summed E-state index contributed by atoms with van der Waals surface area (Å²) in [6, 6.07) is 9.25. The molecule has 1 N–H and O–H groups in total. The van der Waals surface area contributed by atoms with E-state index in [0.29, 0.717) is 28.5 Å². The number of hydrogen-bond acceptors (Lipinski definition) is 6. The number of fused-ring (bicyclic) bond motifs is 1. The van der Waals surface area contributed by atoms with Crippen molar-refractivity contribution in [2.24, 2.45) is 0 Å². The lowest BCUT2D eigenvalue weighted by atomic mass is 10.2. The number of carbonyl (C=O) groups excluding carboxylic acids is 1. The molecule has 3 rings (SSSR count). The molecule has 0 radical (unpaired) electrons. The first kappa shape index (κ1) is 15.6. The summed E-state index contributed by atoms with van der Waals surface area (Å²) >= 11 is 0. The minimum absolute atomic E-state index is 0.0258. The van der Waals surface area contributed by atoms with Crippen molar-refractivity contribution in [3.05, 3.63) is 52.1 Å². The highest BCUT2D eigenvalue weighted by atomic mass is 16.7. The van der Waals surface area contributed by atoms with Gasteiger partial charge in [-0.3, -0.25) is 14.9 Å². The Labute approximate surface area is 137 Å². The van der Waals surface area contributed by atoms with Crippen molar-refractivity contribution >= 4 is 17.3 Å². The average Bonchev–Trinajstić information content (AvgIpc) is 3.02. The minimum Gasteiger partial charge on any atom is -0.484 e. The lowest BCUT2D eigenvalue weighted by molar-refractivity contribution is -0.384. The molecule has 1 aliphatic heterocycles. The Morgan fingerprint density at radius 2 is 2.04 bits per heavy atom. The smallest absolute Gasteiger partial charge is 0.269 e. The Morgan fingerprint density at radius 3 is 2.79 bits per heavy atom. The Hall–Kier alpha value is -3.29. The van der Waals surface area contributed by atoms with Crippen molar-refractivity contribution < 1.29 is 23.9 Å². The van der Waals surface area contributed by atoms with Crippen molar-refractivity contribution in [1.82, 2.24) is 0 Å². The molecule has 0 saturated heterocycles. The van der Waals surface area contributed by atoms with Crippen molar-refractivity contribution in [2.45, 2.75) is 6.92 Å². The average molecular weight is 330 g/mol. The Morgan fingerprint density at radius 1 is 1.25 bits per heavy atom. The highest BCUT2D eigenvalue weighted by Crippen LogP contribution is 2.35. The molecule has 0 unspecified atom stereocenters. The fourth-order valence-corrected chi connectivity index (χ4v) is 2.20. The van der Waals surface area contributed by atoms with Crippen LogP contribution >= 0.6 is 0 Å². The third-order valence-electron chi connectivity index (χ3n) is 3.41. The molecule has 0 fully saturated rings. The summed E-state index contributed by atoms with van der Waals surface area (Å²) in [6.45, 7) is 1.65. The molecule has 24 heavy (non-hydrogen) atoms. The fraction of sp³-hybridized carbons (Fsp3) is 0.188. The summed E-state index contributed by atoms with van der Waals surface area (Å²) in [5, 5.41) is 13.4. The van der Waals surface area contributed by atoms with Gasteiger partial charge in [0.05, 0.1) is 4.92 Å².